The summed E-state index contributed by atoms with van der Waals surface area (Å²) in [6.45, 7) is 1.43. The third-order valence-electron chi connectivity index (χ3n) is 4.59. The molecule has 4 rings (SSSR count). The molecule has 0 radical (unpaired) electrons. The SMILES string of the molecule is CC(=O)Nc1ccc(Oc2cc(Cl)ccc2NC(=O)Nc2ccc(Oc3ccncc3)cc2)cc1. The van der Waals surface area contributed by atoms with E-state index >= 15 is 0 Å². The highest BCUT2D eigenvalue weighted by Gasteiger charge is 2.11. The van der Waals surface area contributed by atoms with E-state index in [1.54, 1.807) is 91.3 Å². The summed E-state index contributed by atoms with van der Waals surface area (Å²) in [5, 5.41) is 8.68. The van der Waals surface area contributed by atoms with Crippen LogP contribution in [-0.2, 0) is 4.79 Å². The van der Waals surface area contributed by atoms with E-state index in [2.05, 4.69) is 20.9 Å². The van der Waals surface area contributed by atoms with Gasteiger partial charge in [0.05, 0.1) is 5.69 Å². The predicted molar refractivity (Wildman–Crippen MR) is 136 cm³/mol. The molecule has 0 saturated heterocycles. The second-order valence-corrected chi connectivity index (χ2v) is 7.77. The predicted octanol–water partition coefficient (Wildman–Crippen LogP) is 6.92. The molecule has 0 atom stereocenters. The average molecular weight is 489 g/mol. The number of halogens is 1. The van der Waals surface area contributed by atoms with Crippen molar-refractivity contribution < 1.29 is 19.1 Å². The second-order valence-electron chi connectivity index (χ2n) is 7.34. The molecular weight excluding hydrogens is 468 g/mol. The normalized spacial score (nSPS) is 10.2. The van der Waals surface area contributed by atoms with E-state index in [1.165, 1.54) is 6.92 Å². The van der Waals surface area contributed by atoms with Gasteiger partial charge in [-0.15, -0.1) is 0 Å². The third-order valence-corrected chi connectivity index (χ3v) is 4.83. The first-order valence-corrected chi connectivity index (χ1v) is 10.9. The lowest BCUT2D eigenvalue weighted by molar-refractivity contribution is -0.114. The van der Waals surface area contributed by atoms with Gasteiger partial charge >= 0.3 is 6.03 Å². The number of aromatic nitrogens is 1. The molecule has 1 heterocycles. The lowest BCUT2D eigenvalue weighted by Crippen LogP contribution is -2.19. The summed E-state index contributed by atoms with van der Waals surface area (Å²) in [6, 6.07) is 21.7. The highest BCUT2D eigenvalue weighted by molar-refractivity contribution is 6.30. The lowest BCUT2D eigenvalue weighted by Gasteiger charge is -2.14. The van der Waals surface area contributed by atoms with Gasteiger partial charge in [0, 0.05) is 41.8 Å². The minimum Gasteiger partial charge on any atom is -0.457 e. The largest absolute Gasteiger partial charge is 0.457 e. The molecule has 0 saturated carbocycles. The maximum absolute atomic E-state index is 12.6. The highest BCUT2D eigenvalue weighted by atomic mass is 35.5. The van der Waals surface area contributed by atoms with Crippen molar-refractivity contribution in [2.75, 3.05) is 16.0 Å². The number of benzene rings is 3. The van der Waals surface area contributed by atoms with Gasteiger partial charge in [-0.25, -0.2) is 4.79 Å². The molecule has 3 N–H and O–H groups in total. The van der Waals surface area contributed by atoms with Crippen LogP contribution in [0.3, 0.4) is 0 Å². The summed E-state index contributed by atoms with van der Waals surface area (Å²) in [5.74, 6) is 2.00. The van der Waals surface area contributed by atoms with Crippen LogP contribution in [0.4, 0.5) is 21.9 Å². The van der Waals surface area contributed by atoms with E-state index in [-0.39, 0.29) is 5.91 Å². The monoisotopic (exact) mass is 488 g/mol. The Labute approximate surface area is 206 Å². The molecule has 176 valence electrons. The number of carbonyl (C=O) groups is 2. The topological polar surface area (TPSA) is 102 Å². The molecule has 0 aliphatic carbocycles. The number of ether oxygens (including phenoxy) is 2. The van der Waals surface area contributed by atoms with Crippen LogP contribution in [-0.4, -0.2) is 16.9 Å². The van der Waals surface area contributed by atoms with Crippen molar-refractivity contribution in [2.45, 2.75) is 6.92 Å². The minimum atomic E-state index is -0.457. The number of carbonyl (C=O) groups excluding carboxylic acids is 2. The Morgan fingerprint density at radius 2 is 1.29 bits per heavy atom. The number of amides is 3. The van der Waals surface area contributed by atoms with Crippen molar-refractivity contribution in [3.63, 3.8) is 0 Å². The number of nitrogens with one attached hydrogen (secondary N) is 3. The fraction of sp³-hybridized carbons (Fsp3) is 0.0385. The van der Waals surface area contributed by atoms with Crippen LogP contribution >= 0.6 is 11.6 Å². The fourth-order valence-corrected chi connectivity index (χ4v) is 3.22. The molecule has 4 aromatic rings. The summed E-state index contributed by atoms with van der Waals surface area (Å²) >= 11 is 6.13. The fourth-order valence-electron chi connectivity index (χ4n) is 3.05. The van der Waals surface area contributed by atoms with Crippen molar-refractivity contribution in [3.8, 4) is 23.0 Å². The second kappa shape index (κ2) is 11.0. The molecule has 9 heteroatoms. The molecule has 8 nitrogen and oxygen atoms in total. The van der Waals surface area contributed by atoms with E-state index < -0.39 is 6.03 Å². The first-order chi connectivity index (χ1) is 16.9. The molecule has 0 aliphatic rings. The van der Waals surface area contributed by atoms with Crippen molar-refractivity contribution in [2.24, 2.45) is 0 Å². The van der Waals surface area contributed by atoms with E-state index in [4.69, 9.17) is 21.1 Å². The van der Waals surface area contributed by atoms with E-state index in [0.29, 0.717) is 45.1 Å². The zero-order valence-electron chi connectivity index (χ0n) is 18.6. The molecule has 35 heavy (non-hydrogen) atoms. The summed E-state index contributed by atoms with van der Waals surface area (Å²) < 4.78 is 11.6. The minimum absolute atomic E-state index is 0.165. The number of anilines is 3. The summed E-state index contributed by atoms with van der Waals surface area (Å²) in [7, 11) is 0. The summed E-state index contributed by atoms with van der Waals surface area (Å²) in [4.78, 5) is 27.7. The molecule has 0 unspecified atom stereocenters. The summed E-state index contributed by atoms with van der Waals surface area (Å²) in [6.07, 6.45) is 3.29. The quantitative estimate of drug-likeness (QED) is 0.262. The molecule has 0 aliphatic heterocycles. The highest BCUT2D eigenvalue weighted by Crippen LogP contribution is 2.33. The number of rotatable bonds is 7. The van der Waals surface area contributed by atoms with Gasteiger partial charge in [0.2, 0.25) is 5.91 Å². The van der Waals surface area contributed by atoms with Gasteiger partial charge in [-0.1, -0.05) is 11.6 Å². The molecule has 3 amide bonds. The van der Waals surface area contributed by atoms with Gasteiger partial charge in [-0.3, -0.25) is 9.78 Å². The molecular formula is C26H21ClN4O4. The molecule has 0 fully saturated rings. The summed E-state index contributed by atoms with van der Waals surface area (Å²) in [5.41, 5.74) is 1.65. The van der Waals surface area contributed by atoms with E-state index in [9.17, 15) is 9.59 Å². The standard InChI is InChI=1S/C26H21ClN4O4/c1-17(32)29-19-3-9-22(10-4-19)35-25-16-18(27)2-11-24(25)31-26(33)30-20-5-7-21(8-6-20)34-23-12-14-28-15-13-23/h2-16H,1H3,(H,29,32)(H2,30,31,33). The van der Waals surface area contributed by atoms with Crippen LogP contribution in [0.25, 0.3) is 0 Å². The number of pyridine rings is 1. The van der Waals surface area contributed by atoms with Crippen LogP contribution in [0.5, 0.6) is 23.0 Å². The molecule has 3 aromatic carbocycles. The number of urea groups is 1. The Hall–Kier alpha value is -4.56. The number of hydrogen-bond acceptors (Lipinski definition) is 5. The Morgan fingerprint density at radius 3 is 1.91 bits per heavy atom. The Morgan fingerprint density at radius 1 is 0.714 bits per heavy atom. The van der Waals surface area contributed by atoms with Crippen molar-refractivity contribution in [1.29, 1.82) is 0 Å². The first kappa shape index (κ1) is 23.6. The number of hydrogen-bond donors (Lipinski definition) is 3. The van der Waals surface area contributed by atoms with Crippen molar-refractivity contribution in [1.82, 2.24) is 4.98 Å². The van der Waals surface area contributed by atoms with Crippen LogP contribution < -0.4 is 25.4 Å². The zero-order chi connectivity index (χ0) is 24.6. The van der Waals surface area contributed by atoms with Crippen LogP contribution in [0.1, 0.15) is 6.92 Å². The van der Waals surface area contributed by atoms with Crippen LogP contribution in [0, 0.1) is 0 Å². The maximum Gasteiger partial charge on any atom is 0.323 e. The Kier molecular flexibility index (Phi) is 7.44. The Bertz CT molecular complexity index is 1310. The van der Waals surface area contributed by atoms with Gasteiger partial charge < -0.3 is 25.4 Å². The molecule has 0 spiro atoms. The first-order valence-electron chi connectivity index (χ1n) is 10.6. The third kappa shape index (κ3) is 6.96. The molecule has 1 aromatic heterocycles. The van der Waals surface area contributed by atoms with Gasteiger partial charge in [-0.05, 0) is 72.8 Å². The van der Waals surface area contributed by atoms with Crippen LogP contribution in [0.15, 0.2) is 91.3 Å². The smallest absolute Gasteiger partial charge is 0.323 e. The molecule has 0 bridgehead atoms. The Balaban J connectivity index is 1.39. The van der Waals surface area contributed by atoms with Crippen molar-refractivity contribution in [3.05, 3.63) is 96.3 Å². The van der Waals surface area contributed by atoms with Gasteiger partial charge in [0.1, 0.15) is 17.2 Å². The van der Waals surface area contributed by atoms with Gasteiger partial charge in [0.25, 0.3) is 0 Å². The zero-order valence-corrected chi connectivity index (χ0v) is 19.4. The van der Waals surface area contributed by atoms with Crippen LogP contribution in [0.2, 0.25) is 5.02 Å². The van der Waals surface area contributed by atoms with Gasteiger partial charge in [0.15, 0.2) is 5.75 Å². The van der Waals surface area contributed by atoms with Gasteiger partial charge in [-0.2, -0.15) is 0 Å². The van der Waals surface area contributed by atoms with E-state index in [1.807, 2.05) is 0 Å². The lowest BCUT2D eigenvalue weighted by atomic mass is 10.2. The maximum atomic E-state index is 12.6. The number of nitrogens with zero attached hydrogens (tertiary/aromatic N) is 1. The van der Waals surface area contributed by atoms with E-state index in [0.717, 1.165) is 0 Å². The van der Waals surface area contributed by atoms with Crippen molar-refractivity contribution >= 4 is 40.6 Å². The average Bonchev–Trinajstić information content (AvgIpc) is 2.84.